The monoisotopic (exact) mass is 244 g/mol. The number of halogens is 3. The van der Waals surface area contributed by atoms with Crippen molar-refractivity contribution >= 4 is 23.3 Å². The van der Waals surface area contributed by atoms with E-state index in [1.165, 1.54) is 12.3 Å². The summed E-state index contributed by atoms with van der Waals surface area (Å²) in [6.45, 7) is 0. The fourth-order valence-electron chi connectivity index (χ4n) is 1.13. The minimum absolute atomic E-state index is 0.0874. The molecule has 0 saturated heterocycles. The molecule has 0 radical (unpaired) electrons. The maximum absolute atomic E-state index is 13.2. The molecule has 0 atom stereocenters. The van der Waals surface area contributed by atoms with E-state index in [1.807, 2.05) is 0 Å². The van der Waals surface area contributed by atoms with Crippen LogP contribution in [0.2, 0.25) is 0 Å². The highest BCUT2D eigenvalue weighted by atomic mass is 35.5. The van der Waals surface area contributed by atoms with Crippen LogP contribution in [0.1, 0.15) is 5.69 Å². The predicted molar refractivity (Wildman–Crippen MR) is 55.7 cm³/mol. The molecule has 0 amide bonds. The van der Waals surface area contributed by atoms with Crippen LogP contribution in [0.5, 0.6) is 0 Å². The summed E-state index contributed by atoms with van der Waals surface area (Å²) in [4.78, 5) is 3.92. The fraction of sp³-hybridized carbons (Fsp3) is 0.100. The van der Waals surface area contributed by atoms with E-state index in [0.29, 0.717) is 5.69 Å². The minimum Gasteiger partial charge on any atom is -0.432 e. The third kappa shape index (κ3) is 2.30. The Morgan fingerprint density at radius 2 is 2.19 bits per heavy atom. The van der Waals surface area contributed by atoms with Gasteiger partial charge in [-0.1, -0.05) is 0 Å². The molecule has 1 aromatic carbocycles. The number of nitrogens with one attached hydrogen (secondary N) is 1. The molecule has 0 aliphatic heterocycles. The zero-order valence-corrected chi connectivity index (χ0v) is 8.76. The summed E-state index contributed by atoms with van der Waals surface area (Å²) in [5.41, 5.74) is 0.621. The van der Waals surface area contributed by atoms with Crippen LogP contribution in [0.4, 0.5) is 20.5 Å². The molecule has 0 aliphatic rings. The zero-order valence-electron chi connectivity index (χ0n) is 8.01. The van der Waals surface area contributed by atoms with Crippen molar-refractivity contribution in [2.75, 3.05) is 5.32 Å². The van der Waals surface area contributed by atoms with Crippen LogP contribution in [0.25, 0.3) is 0 Å². The van der Waals surface area contributed by atoms with Crippen molar-refractivity contribution in [2.45, 2.75) is 5.88 Å². The second kappa shape index (κ2) is 4.49. The molecule has 1 heterocycles. The summed E-state index contributed by atoms with van der Waals surface area (Å²) in [5.74, 6) is -1.15. The molecule has 0 bridgehead atoms. The van der Waals surface area contributed by atoms with Gasteiger partial charge in [0.2, 0.25) is 0 Å². The van der Waals surface area contributed by atoms with Crippen molar-refractivity contribution in [2.24, 2.45) is 0 Å². The first-order valence-corrected chi connectivity index (χ1v) is 4.95. The zero-order chi connectivity index (χ0) is 11.5. The van der Waals surface area contributed by atoms with Gasteiger partial charge in [0.15, 0.2) is 0 Å². The van der Waals surface area contributed by atoms with Gasteiger partial charge in [-0.3, -0.25) is 0 Å². The lowest BCUT2D eigenvalue weighted by Gasteiger charge is -2.02. The Hall–Kier alpha value is -1.62. The van der Waals surface area contributed by atoms with E-state index in [2.05, 4.69) is 10.3 Å². The second-order valence-electron chi connectivity index (χ2n) is 3.03. The van der Waals surface area contributed by atoms with Crippen molar-refractivity contribution in [3.05, 3.63) is 41.8 Å². The summed E-state index contributed by atoms with van der Waals surface area (Å²) in [6, 6.07) is 3.28. The molecule has 2 aromatic rings. The van der Waals surface area contributed by atoms with Crippen LogP contribution >= 0.6 is 11.6 Å². The van der Waals surface area contributed by atoms with Gasteiger partial charge >= 0.3 is 0 Å². The van der Waals surface area contributed by atoms with Crippen LogP contribution in [0.15, 0.2) is 28.9 Å². The molecule has 1 aromatic heterocycles. The van der Waals surface area contributed by atoms with Crippen LogP contribution in [0.3, 0.4) is 0 Å². The Kier molecular flexibility index (Phi) is 3.05. The van der Waals surface area contributed by atoms with E-state index in [4.69, 9.17) is 16.0 Å². The highest BCUT2D eigenvalue weighted by Crippen LogP contribution is 2.20. The highest BCUT2D eigenvalue weighted by Gasteiger charge is 2.07. The molecular formula is C10H7ClF2N2O. The largest absolute Gasteiger partial charge is 0.432 e. The van der Waals surface area contributed by atoms with E-state index in [9.17, 15) is 8.78 Å². The quantitative estimate of drug-likeness (QED) is 0.841. The average Bonchev–Trinajstić information content (AvgIpc) is 2.70. The Bertz CT molecular complexity index is 501. The molecule has 1 N–H and O–H groups in total. The van der Waals surface area contributed by atoms with Crippen molar-refractivity contribution in [1.82, 2.24) is 4.98 Å². The summed E-state index contributed by atoms with van der Waals surface area (Å²) in [5, 5.41) is 2.58. The van der Waals surface area contributed by atoms with Crippen molar-refractivity contribution in [1.29, 1.82) is 0 Å². The third-order valence-electron chi connectivity index (χ3n) is 1.86. The Balaban J connectivity index is 2.20. The number of anilines is 2. The fourth-order valence-corrected chi connectivity index (χ4v) is 1.25. The Morgan fingerprint density at radius 1 is 1.38 bits per heavy atom. The van der Waals surface area contributed by atoms with Gasteiger partial charge in [0, 0.05) is 6.07 Å². The van der Waals surface area contributed by atoms with E-state index >= 15 is 0 Å². The van der Waals surface area contributed by atoms with Gasteiger partial charge in [0.25, 0.3) is 6.01 Å². The lowest BCUT2D eigenvalue weighted by Crippen LogP contribution is -1.94. The van der Waals surface area contributed by atoms with Gasteiger partial charge in [0.1, 0.15) is 17.9 Å². The average molecular weight is 245 g/mol. The summed E-state index contributed by atoms with van der Waals surface area (Å²) >= 11 is 5.52. The molecule has 2 rings (SSSR count). The number of rotatable bonds is 3. The first kappa shape index (κ1) is 10.9. The number of hydrogen-bond acceptors (Lipinski definition) is 3. The maximum atomic E-state index is 13.2. The third-order valence-corrected chi connectivity index (χ3v) is 2.14. The van der Waals surface area contributed by atoms with E-state index < -0.39 is 11.6 Å². The molecule has 16 heavy (non-hydrogen) atoms. The first-order chi connectivity index (χ1) is 7.69. The Morgan fingerprint density at radius 3 is 2.81 bits per heavy atom. The topological polar surface area (TPSA) is 38.1 Å². The van der Waals surface area contributed by atoms with E-state index in [-0.39, 0.29) is 17.6 Å². The van der Waals surface area contributed by atoms with Crippen molar-refractivity contribution < 1.29 is 13.2 Å². The Labute approximate surface area is 95.1 Å². The van der Waals surface area contributed by atoms with Gasteiger partial charge in [-0.15, -0.1) is 11.6 Å². The number of nitrogens with zero attached hydrogens (tertiary/aromatic N) is 1. The normalized spacial score (nSPS) is 10.4. The van der Waals surface area contributed by atoms with Crippen molar-refractivity contribution in [3.63, 3.8) is 0 Å². The van der Waals surface area contributed by atoms with Gasteiger partial charge in [0.05, 0.1) is 17.3 Å². The first-order valence-electron chi connectivity index (χ1n) is 4.41. The van der Waals surface area contributed by atoms with Crippen molar-refractivity contribution in [3.8, 4) is 0 Å². The second-order valence-corrected chi connectivity index (χ2v) is 3.29. The molecule has 3 nitrogen and oxygen atoms in total. The van der Waals surface area contributed by atoms with Crippen LogP contribution < -0.4 is 5.32 Å². The summed E-state index contributed by atoms with van der Waals surface area (Å²) in [6.07, 6.45) is 1.36. The number of alkyl halides is 1. The lowest BCUT2D eigenvalue weighted by atomic mass is 10.3. The highest BCUT2D eigenvalue weighted by molar-refractivity contribution is 6.16. The molecule has 0 spiro atoms. The standard InChI is InChI=1S/C10H7ClF2N2O/c11-4-7-5-16-10(14-7)15-9-2-1-6(12)3-8(9)13/h1-3,5H,4H2,(H,14,15). The summed E-state index contributed by atoms with van der Waals surface area (Å²) < 4.78 is 30.8. The van der Waals surface area contributed by atoms with E-state index in [1.54, 1.807) is 0 Å². The summed E-state index contributed by atoms with van der Waals surface area (Å²) in [7, 11) is 0. The van der Waals surface area contributed by atoms with Gasteiger partial charge in [-0.2, -0.15) is 4.98 Å². The smallest absolute Gasteiger partial charge is 0.299 e. The number of aromatic nitrogens is 1. The number of benzene rings is 1. The maximum Gasteiger partial charge on any atom is 0.299 e. The molecule has 6 heteroatoms. The van der Waals surface area contributed by atoms with Crippen LogP contribution in [-0.2, 0) is 5.88 Å². The molecular weight excluding hydrogens is 238 g/mol. The van der Waals surface area contributed by atoms with Gasteiger partial charge in [-0.25, -0.2) is 8.78 Å². The lowest BCUT2D eigenvalue weighted by molar-refractivity contribution is 0.568. The molecule has 0 fully saturated rings. The SMILES string of the molecule is Fc1ccc(Nc2nc(CCl)co2)c(F)c1. The van der Waals surface area contributed by atoms with Crippen LogP contribution in [-0.4, -0.2) is 4.98 Å². The van der Waals surface area contributed by atoms with Gasteiger partial charge < -0.3 is 9.73 Å². The molecule has 0 unspecified atom stereocenters. The number of oxazole rings is 1. The van der Waals surface area contributed by atoms with Crippen LogP contribution in [0, 0.1) is 11.6 Å². The molecule has 0 saturated carbocycles. The molecule has 84 valence electrons. The molecule has 0 aliphatic carbocycles. The predicted octanol–water partition coefficient (Wildman–Crippen LogP) is 3.44. The van der Waals surface area contributed by atoms with E-state index in [0.717, 1.165) is 12.1 Å². The minimum atomic E-state index is -0.717. The van der Waals surface area contributed by atoms with Gasteiger partial charge in [-0.05, 0) is 12.1 Å². The number of hydrogen-bond donors (Lipinski definition) is 1.